The van der Waals surface area contributed by atoms with Crippen LogP contribution in [0.25, 0.3) is 10.4 Å². The van der Waals surface area contributed by atoms with Crippen LogP contribution in [0.1, 0.15) is 72.0 Å². The highest BCUT2D eigenvalue weighted by molar-refractivity contribution is 7.89. The summed E-state index contributed by atoms with van der Waals surface area (Å²) < 4.78 is 84.4. The lowest BCUT2D eigenvalue weighted by atomic mass is 9.76. The Balaban J connectivity index is 1.06. The summed E-state index contributed by atoms with van der Waals surface area (Å²) in [6, 6.07) is 19.6. The zero-order valence-electron chi connectivity index (χ0n) is 34.7. The van der Waals surface area contributed by atoms with Gasteiger partial charge < -0.3 is 34.1 Å². The molecular formula is C45H52F2N2O10S2. The predicted octanol–water partition coefficient (Wildman–Crippen LogP) is 8.35. The van der Waals surface area contributed by atoms with Gasteiger partial charge in [0.05, 0.1) is 43.2 Å². The van der Waals surface area contributed by atoms with Crippen molar-refractivity contribution in [2.24, 2.45) is 11.3 Å². The number of nitrogens with zero attached hydrogens (tertiary/aromatic N) is 1. The number of halogens is 2. The zero-order chi connectivity index (χ0) is 43.5. The van der Waals surface area contributed by atoms with E-state index in [0.717, 1.165) is 49.2 Å². The summed E-state index contributed by atoms with van der Waals surface area (Å²) in [6.45, 7) is 5.61. The van der Waals surface area contributed by atoms with Crippen molar-refractivity contribution in [3.8, 4) is 21.9 Å². The first kappa shape index (κ1) is 44.4. The Morgan fingerprint density at radius 3 is 2.44 bits per heavy atom. The average molecular weight is 883 g/mol. The Bertz CT molecular complexity index is 2300. The molecule has 7 rings (SSSR count). The molecule has 1 amide bonds. The second kappa shape index (κ2) is 18.4. The fourth-order valence-corrected chi connectivity index (χ4v) is 11.3. The molecule has 12 nitrogen and oxygen atoms in total. The SMILES string of the molecule is COc1ccc(S(=O)(=O)N(CC[C@H](Cc2ccc(OCc3ccccc3-c3sc4c(c3C(=O)O)CC(C)(C)CC4)cc2)NC(=O)O[C@H]2CO[C@@]3(C)OCC[C@@H]23)CC(F)F)cc1. The van der Waals surface area contributed by atoms with Crippen LogP contribution in [0.2, 0.25) is 0 Å². The number of carboxylic acids is 1. The first-order valence-electron chi connectivity index (χ1n) is 20.4. The minimum Gasteiger partial charge on any atom is -0.497 e. The molecule has 3 heterocycles. The Hall–Kier alpha value is -4.61. The van der Waals surface area contributed by atoms with Crippen molar-refractivity contribution in [1.82, 2.24) is 9.62 Å². The van der Waals surface area contributed by atoms with Crippen LogP contribution < -0.4 is 14.8 Å². The highest BCUT2D eigenvalue weighted by atomic mass is 32.2. The second-order valence-electron chi connectivity index (χ2n) is 16.7. The monoisotopic (exact) mass is 882 g/mol. The van der Waals surface area contributed by atoms with Crippen LogP contribution in [-0.4, -0.2) is 87.7 Å². The molecule has 2 aliphatic heterocycles. The molecule has 0 bridgehead atoms. The number of nitrogens with one attached hydrogen (secondary N) is 1. The summed E-state index contributed by atoms with van der Waals surface area (Å²) in [7, 11) is -2.91. The number of alkyl halides is 2. The summed E-state index contributed by atoms with van der Waals surface area (Å²) in [4.78, 5) is 27.7. The molecule has 2 fully saturated rings. The maximum Gasteiger partial charge on any atom is 0.407 e. The van der Waals surface area contributed by atoms with Gasteiger partial charge in [-0.3, -0.25) is 0 Å². The Morgan fingerprint density at radius 1 is 1.02 bits per heavy atom. The quantitative estimate of drug-likeness (QED) is 0.106. The minimum absolute atomic E-state index is 0.0142. The smallest absolute Gasteiger partial charge is 0.407 e. The lowest BCUT2D eigenvalue weighted by Gasteiger charge is -2.29. The first-order valence-corrected chi connectivity index (χ1v) is 22.7. The molecule has 1 aliphatic carbocycles. The van der Waals surface area contributed by atoms with E-state index in [2.05, 4.69) is 19.2 Å². The number of hydrogen-bond donors (Lipinski definition) is 2. The lowest BCUT2D eigenvalue weighted by Crippen LogP contribution is -2.44. The summed E-state index contributed by atoms with van der Waals surface area (Å²) in [6.07, 6.45) is -0.843. The van der Waals surface area contributed by atoms with Crippen LogP contribution in [-0.2, 0) is 50.1 Å². The summed E-state index contributed by atoms with van der Waals surface area (Å²) in [5.41, 5.74) is 3.74. The van der Waals surface area contributed by atoms with E-state index >= 15 is 0 Å². The van der Waals surface area contributed by atoms with E-state index in [0.29, 0.717) is 36.5 Å². The van der Waals surface area contributed by atoms with Crippen LogP contribution in [0.15, 0.2) is 77.7 Å². The van der Waals surface area contributed by atoms with Gasteiger partial charge in [0.1, 0.15) is 24.2 Å². The van der Waals surface area contributed by atoms with Gasteiger partial charge in [0.25, 0.3) is 6.43 Å². The number of amides is 1. The van der Waals surface area contributed by atoms with Gasteiger partial charge in [-0.05, 0) is 110 Å². The van der Waals surface area contributed by atoms with Crippen LogP contribution in [0.4, 0.5) is 13.6 Å². The van der Waals surface area contributed by atoms with Crippen LogP contribution >= 0.6 is 11.3 Å². The predicted molar refractivity (Wildman–Crippen MR) is 225 cm³/mol. The molecule has 3 aromatic carbocycles. The molecule has 2 N–H and O–H groups in total. The van der Waals surface area contributed by atoms with Gasteiger partial charge in [-0.1, -0.05) is 50.2 Å². The number of benzene rings is 3. The maximum atomic E-state index is 13.9. The molecule has 4 aromatic rings. The molecule has 0 radical (unpaired) electrons. The minimum atomic E-state index is -4.34. The Kier molecular flexibility index (Phi) is 13.4. The third-order valence-corrected chi connectivity index (χ3v) is 15.1. The lowest BCUT2D eigenvalue weighted by molar-refractivity contribution is -0.181. The molecule has 0 saturated carbocycles. The summed E-state index contributed by atoms with van der Waals surface area (Å²) in [5, 5.41) is 13.2. The van der Waals surface area contributed by atoms with Gasteiger partial charge in [-0.15, -0.1) is 11.3 Å². The van der Waals surface area contributed by atoms with E-state index < -0.39 is 53.0 Å². The largest absolute Gasteiger partial charge is 0.497 e. The standard InChI is InChI=1S/C45H52F2N2O10S2/c1-44(2)20-17-38-35(24-44)40(42(50)51)41(60-38)34-8-6-5-7-29(34)26-56-32-11-9-28(10-12-32)23-30(48-43(52)59-37-27-58-45(3)36(37)19-22-57-45)18-21-49(25-39(46)47)61(53,54)33-15-13-31(55-4)14-16-33/h5-16,30,36-37,39H,17-27H2,1-4H3,(H,48,52)(H,50,51)/t30-,36+,37+,45-/m1/s1. The van der Waals surface area contributed by atoms with Gasteiger partial charge in [0.2, 0.25) is 10.0 Å². The number of carbonyl (C=O) groups is 2. The van der Waals surface area contributed by atoms with Crippen LogP contribution in [0, 0.1) is 11.3 Å². The van der Waals surface area contributed by atoms with E-state index in [9.17, 15) is 31.9 Å². The molecule has 4 atom stereocenters. The number of fused-ring (bicyclic) bond motifs is 2. The van der Waals surface area contributed by atoms with Gasteiger partial charge in [0.15, 0.2) is 5.79 Å². The molecule has 0 unspecified atom stereocenters. The Labute approximate surface area is 359 Å². The number of ether oxygens (including phenoxy) is 5. The van der Waals surface area contributed by atoms with Crippen molar-refractivity contribution < 1.29 is 55.6 Å². The average Bonchev–Trinajstić information content (AvgIpc) is 3.89. The number of rotatable bonds is 17. The van der Waals surface area contributed by atoms with E-state index in [1.165, 1.54) is 31.4 Å². The van der Waals surface area contributed by atoms with Crippen molar-refractivity contribution in [2.75, 3.05) is 33.4 Å². The number of sulfonamides is 1. The molecule has 1 aromatic heterocycles. The van der Waals surface area contributed by atoms with Gasteiger partial charge in [0, 0.05) is 22.3 Å². The molecule has 3 aliphatic rings. The van der Waals surface area contributed by atoms with E-state index in [1.54, 1.807) is 23.5 Å². The number of aryl methyl sites for hydroxylation is 1. The normalized spacial score (nSPS) is 21.2. The number of aromatic carboxylic acids is 1. The fourth-order valence-electron chi connectivity index (χ4n) is 8.50. The van der Waals surface area contributed by atoms with Crippen molar-refractivity contribution in [3.05, 3.63) is 99.9 Å². The van der Waals surface area contributed by atoms with E-state index in [1.807, 2.05) is 43.3 Å². The van der Waals surface area contributed by atoms with Crippen LogP contribution in [0.5, 0.6) is 11.5 Å². The van der Waals surface area contributed by atoms with Gasteiger partial charge in [-0.2, -0.15) is 4.31 Å². The first-order chi connectivity index (χ1) is 29.0. The van der Waals surface area contributed by atoms with Gasteiger partial charge >= 0.3 is 12.1 Å². The van der Waals surface area contributed by atoms with Crippen LogP contribution in [0.3, 0.4) is 0 Å². The van der Waals surface area contributed by atoms with Crippen molar-refractivity contribution in [2.45, 2.75) is 95.2 Å². The number of thiophene rings is 1. The molecule has 0 spiro atoms. The summed E-state index contributed by atoms with van der Waals surface area (Å²) >= 11 is 1.55. The van der Waals surface area contributed by atoms with Crippen molar-refractivity contribution in [3.63, 3.8) is 0 Å². The number of methoxy groups -OCH3 is 1. The maximum absolute atomic E-state index is 13.9. The topological polar surface area (TPSA) is 150 Å². The van der Waals surface area contributed by atoms with E-state index in [-0.39, 0.29) is 48.8 Å². The number of hydrogen-bond acceptors (Lipinski definition) is 10. The molecule has 16 heteroatoms. The molecule has 2 saturated heterocycles. The number of carbonyl (C=O) groups excluding carboxylic acids is 1. The molecular weight excluding hydrogens is 831 g/mol. The highest BCUT2D eigenvalue weighted by Crippen LogP contribution is 2.46. The highest BCUT2D eigenvalue weighted by Gasteiger charge is 2.53. The zero-order valence-corrected chi connectivity index (χ0v) is 36.3. The number of alkyl carbamates (subject to hydrolysis) is 1. The molecule has 328 valence electrons. The fraction of sp³-hybridized carbons (Fsp3) is 0.467. The van der Waals surface area contributed by atoms with Gasteiger partial charge in [-0.25, -0.2) is 26.8 Å². The second-order valence-corrected chi connectivity index (χ2v) is 19.8. The third-order valence-electron chi connectivity index (χ3n) is 11.9. The van der Waals surface area contributed by atoms with E-state index in [4.69, 9.17) is 23.7 Å². The van der Waals surface area contributed by atoms with Crippen molar-refractivity contribution >= 4 is 33.4 Å². The molecule has 61 heavy (non-hydrogen) atoms. The number of carboxylic acid groups (broad SMARTS) is 1. The third kappa shape index (κ3) is 10.2. The van der Waals surface area contributed by atoms with Crippen molar-refractivity contribution in [1.29, 1.82) is 0 Å². The summed E-state index contributed by atoms with van der Waals surface area (Å²) in [5.74, 6) is -0.975. The Morgan fingerprint density at radius 2 is 1.74 bits per heavy atom.